The molecule has 2 rings (SSSR count). The van der Waals surface area contributed by atoms with E-state index in [2.05, 4.69) is 30.6 Å². The normalized spacial score (nSPS) is 16.5. The van der Waals surface area contributed by atoms with E-state index in [0.29, 0.717) is 6.54 Å². The molecule has 2 N–H and O–H groups in total. The van der Waals surface area contributed by atoms with Crippen molar-refractivity contribution in [3.63, 3.8) is 0 Å². The molecule has 0 aromatic carbocycles. The predicted octanol–water partition coefficient (Wildman–Crippen LogP) is 1.98. The molecule has 0 amide bonds. The Labute approximate surface area is 91.7 Å². The third kappa shape index (κ3) is 1.81. The van der Waals surface area contributed by atoms with Gasteiger partial charge in [0.05, 0.1) is 5.69 Å². The quantitative estimate of drug-likeness (QED) is 0.765. The first-order valence-electron chi connectivity index (χ1n) is 5.83. The molecule has 0 saturated carbocycles. The van der Waals surface area contributed by atoms with E-state index < -0.39 is 0 Å². The highest BCUT2D eigenvalue weighted by Gasteiger charge is 2.27. The van der Waals surface area contributed by atoms with Gasteiger partial charge < -0.3 is 5.73 Å². The highest BCUT2D eigenvalue weighted by Crippen LogP contribution is 2.31. The Kier molecular flexibility index (Phi) is 2.59. The van der Waals surface area contributed by atoms with Gasteiger partial charge in [-0.3, -0.25) is 4.68 Å². The predicted molar refractivity (Wildman–Crippen MR) is 61.8 cm³/mol. The van der Waals surface area contributed by atoms with Crippen LogP contribution in [0.2, 0.25) is 0 Å². The number of rotatable bonds is 1. The van der Waals surface area contributed by atoms with Crippen molar-refractivity contribution in [1.29, 1.82) is 0 Å². The van der Waals surface area contributed by atoms with E-state index in [1.807, 2.05) is 0 Å². The van der Waals surface area contributed by atoms with Crippen LogP contribution in [0.5, 0.6) is 0 Å². The van der Waals surface area contributed by atoms with Gasteiger partial charge in [-0.05, 0) is 24.7 Å². The SMILES string of the molecule is CC(C)(C)c1c(CN)nn2c1CCCC2. The minimum absolute atomic E-state index is 0.166. The molecule has 84 valence electrons. The van der Waals surface area contributed by atoms with Gasteiger partial charge in [0.25, 0.3) is 0 Å². The van der Waals surface area contributed by atoms with E-state index in [-0.39, 0.29) is 5.41 Å². The molecule has 1 aromatic heterocycles. The molecular formula is C12H21N3. The number of aryl methyl sites for hydroxylation is 1. The molecule has 2 heterocycles. The molecule has 0 spiro atoms. The Morgan fingerprint density at radius 1 is 1.33 bits per heavy atom. The summed E-state index contributed by atoms with van der Waals surface area (Å²) < 4.78 is 2.17. The van der Waals surface area contributed by atoms with Crippen LogP contribution in [0.15, 0.2) is 0 Å². The van der Waals surface area contributed by atoms with Crippen LogP contribution >= 0.6 is 0 Å². The number of fused-ring (bicyclic) bond motifs is 1. The maximum Gasteiger partial charge on any atom is 0.0800 e. The minimum atomic E-state index is 0.166. The number of nitrogens with two attached hydrogens (primary N) is 1. The molecular weight excluding hydrogens is 186 g/mol. The second kappa shape index (κ2) is 3.63. The van der Waals surface area contributed by atoms with Crippen molar-refractivity contribution in [2.75, 3.05) is 0 Å². The third-order valence-corrected chi connectivity index (χ3v) is 3.11. The van der Waals surface area contributed by atoms with Crippen LogP contribution in [-0.4, -0.2) is 9.78 Å². The fraction of sp³-hybridized carbons (Fsp3) is 0.750. The van der Waals surface area contributed by atoms with Crippen molar-refractivity contribution >= 4 is 0 Å². The molecule has 0 unspecified atom stereocenters. The van der Waals surface area contributed by atoms with Crippen LogP contribution in [0.1, 0.15) is 50.6 Å². The average molecular weight is 207 g/mol. The van der Waals surface area contributed by atoms with E-state index in [9.17, 15) is 0 Å². The monoisotopic (exact) mass is 207 g/mol. The van der Waals surface area contributed by atoms with Gasteiger partial charge in [0.15, 0.2) is 0 Å². The molecule has 1 aliphatic rings. The highest BCUT2D eigenvalue weighted by molar-refractivity contribution is 5.34. The van der Waals surface area contributed by atoms with Gasteiger partial charge in [0.2, 0.25) is 0 Å². The summed E-state index contributed by atoms with van der Waals surface area (Å²) in [6, 6.07) is 0. The molecule has 0 bridgehead atoms. The zero-order chi connectivity index (χ0) is 11.1. The van der Waals surface area contributed by atoms with E-state index in [4.69, 9.17) is 5.73 Å². The number of hydrogen-bond acceptors (Lipinski definition) is 2. The van der Waals surface area contributed by atoms with Crippen LogP contribution in [0.3, 0.4) is 0 Å². The van der Waals surface area contributed by atoms with E-state index in [1.54, 1.807) is 0 Å². The maximum absolute atomic E-state index is 5.78. The van der Waals surface area contributed by atoms with Gasteiger partial charge in [-0.15, -0.1) is 0 Å². The Morgan fingerprint density at radius 2 is 2.07 bits per heavy atom. The molecule has 0 fully saturated rings. The highest BCUT2D eigenvalue weighted by atomic mass is 15.3. The zero-order valence-corrected chi connectivity index (χ0v) is 10.0. The van der Waals surface area contributed by atoms with Crippen LogP contribution < -0.4 is 5.73 Å². The molecule has 1 aliphatic heterocycles. The summed E-state index contributed by atoms with van der Waals surface area (Å²) in [6.07, 6.45) is 3.71. The van der Waals surface area contributed by atoms with Gasteiger partial charge in [-0.2, -0.15) is 5.10 Å². The first-order valence-corrected chi connectivity index (χ1v) is 5.83. The van der Waals surface area contributed by atoms with Gasteiger partial charge >= 0.3 is 0 Å². The van der Waals surface area contributed by atoms with Crippen molar-refractivity contribution < 1.29 is 0 Å². The molecule has 0 radical (unpaired) electrons. The third-order valence-electron chi connectivity index (χ3n) is 3.11. The summed E-state index contributed by atoms with van der Waals surface area (Å²) in [4.78, 5) is 0. The molecule has 1 aromatic rings. The Morgan fingerprint density at radius 3 is 2.67 bits per heavy atom. The lowest BCUT2D eigenvalue weighted by atomic mass is 9.83. The Balaban J connectivity index is 2.54. The van der Waals surface area contributed by atoms with Crippen molar-refractivity contribution in [2.24, 2.45) is 5.73 Å². The van der Waals surface area contributed by atoms with E-state index >= 15 is 0 Å². The molecule has 3 nitrogen and oxygen atoms in total. The Hall–Kier alpha value is -0.830. The fourth-order valence-electron chi connectivity index (χ4n) is 2.55. The summed E-state index contributed by atoms with van der Waals surface area (Å²) in [5.74, 6) is 0. The first kappa shape index (κ1) is 10.7. The van der Waals surface area contributed by atoms with Crippen molar-refractivity contribution in [2.45, 2.75) is 58.5 Å². The lowest BCUT2D eigenvalue weighted by Gasteiger charge is -2.23. The summed E-state index contributed by atoms with van der Waals surface area (Å²) in [6.45, 7) is 8.38. The zero-order valence-electron chi connectivity index (χ0n) is 10.0. The summed E-state index contributed by atoms with van der Waals surface area (Å²) in [5.41, 5.74) is 9.86. The van der Waals surface area contributed by atoms with Gasteiger partial charge in [0.1, 0.15) is 0 Å². The van der Waals surface area contributed by atoms with Crippen molar-refractivity contribution in [3.8, 4) is 0 Å². The molecule has 0 aliphatic carbocycles. The fourth-order valence-corrected chi connectivity index (χ4v) is 2.55. The molecule has 15 heavy (non-hydrogen) atoms. The summed E-state index contributed by atoms with van der Waals surface area (Å²) >= 11 is 0. The summed E-state index contributed by atoms with van der Waals surface area (Å²) in [5, 5.41) is 4.63. The van der Waals surface area contributed by atoms with Crippen molar-refractivity contribution in [1.82, 2.24) is 9.78 Å². The van der Waals surface area contributed by atoms with Crippen LogP contribution in [0.25, 0.3) is 0 Å². The van der Waals surface area contributed by atoms with Gasteiger partial charge in [-0.25, -0.2) is 0 Å². The second-order valence-corrected chi connectivity index (χ2v) is 5.40. The number of aromatic nitrogens is 2. The summed E-state index contributed by atoms with van der Waals surface area (Å²) in [7, 11) is 0. The lowest BCUT2D eigenvalue weighted by Crippen LogP contribution is -2.19. The topological polar surface area (TPSA) is 43.8 Å². The molecule has 0 saturated heterocycles. The Bertz CT molecular complexity index is 358. The standard InChI is InChI=1S/C12H21N3/c1-12(2,3)11-9(8-13)14-15-7-5-4-6-10(11)15/h4-8,13H2,1-3H3. The minimum Gasteiger partial charge on any atom is -0.325 e. The van der Waals surface area contributed by atoms with Crippen LogP contribution in [0.4, 0.5) is 0 Å². The number of hydrogen-bond donors (Lipinski definition) is 1. The second-order valence-electron chi connectivity index (χ2n) is 5.40. The van der Waals surface area contributed by atoms with Gasteiger partial charge in [0, 0.05) is 24.3 Å². The lowest BCUT2D eigenvalue weighted by molar-refractivity contribution is 0.474. The van der Waals surface area contributed by atoms with Gasteiger partial charge in [-0.1, -0.05) is 20.8 Å². The van der Waals surface area contributed by atoms with Crippen LogP contribution in [0, 0.1) is 0 Å². The molecule has 0 atom stereocenters. The van der Waals surface area contributed by atoms with E-state index in [0.717, 1.165) is 12.2 Å². The first-order chi connectivity index (χ1) is 7.04. The largest absolute Gasteiger partial charge is 0.325 e. The maximum atomic E-state index is 5.78. The molecule has 3 heteroatoms. The van der Waals surface area contributed by atoms with Crippen molar-refractivity contribution in [3.05, 3.63) is 17.0 Å². The number of nitrogens with zero attached hydrogens (tertiary/aromatic N) is 2. The average Bonchev–Trinajstić information content (AvgIpc) is 2.54. The smallest absolute Gasteiger partial charge is 0.0800 e. The van der Waals surface area contributed by atoms with E-state index in [1.165, 1.54) is 30.5 Å². The van der Waals surface area contributed by atoms with Crippen LogP contribution in [-0.2, 0) is 24.9 Å².